The summed E-state index contributed by atoms with van der Waals surface area (Å²) >= 11 is 0. The minimum absolute atomic E-state index is 0.0670. The fourth-order valence-corrected chi connectivity index (χ4v) is 4.82. The zero-order chi connectivity index (χ0) is 16.4. The number of pyridine rings is 1. The van der Waals surface area contributed by atoms with Crippen LogP contribution in [0, 0.1) is 11.8 Å². The predicted octanol–water partition coefficient (Wildman–Crippen LogP) is 2.42. The molecule has 0 bridgehead atoms. The van der Waals surface area contributed by atoms with Crippen LogP contribution in [0.5, 0.6) is 0 Å². The van der Waals surface area contributed by atoms with Gasteiger partial charge in [0.15, 0.2) is 0 Å². The largest absolute Gasteiger partial charge is 0.334 e. The van der Waals surface area contributed by atoms with Crippen LogP contribution in [0.3, 0.4) is 0 Å². The number of nitrogens with zero attached hydrogens (tertiary/aromatic N) is 2. The molecular formula is C19H28N4O. The van der Waals surface area contributed by atoms with Gasteiger partial charge in [-0.15, -0.1) is 0 Å². The Kier molecular flexibility index (Phi) is 4.81. The van der Waals surface area contributed by atoms with Crippen LogP contribution in [-0.4, -0.2) is 34.9 Å². The van der Waals surface area contributed by atoms with Gasteiger partial charge in [-0.05, 0) is 43.7 Å². The summed E-state index contributed by atoms with van der Waals surface area (Å²) < 4.78 is 0. The van der Waals surface area contributed by atoms with Crippen LogP contribution in [0.25, 0.3) is 0 Å². The van der Waals surface area contributed by atoms with Gasteiger partial charge in [-0.1, -0.05) is 25.3 Å². The molecule has 3 unspecified atom stereocenters. The Morgan fingerprint density at radius 2 is 2.00 bits per heavy atom. The van der Waals surface area contributed by atoms with Crippen LogP contribution in [-0.2, 0) is 4.79 Å². The summed E-state index contributed by atoms with van der Waals surface area (Å²) in [5.41, 5.74) is 7.73. The van der Waals surface area contributed by atoms with Crippen LogP contribution in [0.1, 0.15) is 56.7 Å². The van der Waals surface area contributed by atoms with E-state index in [1.807, 2.05) is 18.3 Å². The lowest BCUT2D eigenvalue weighted by Crippen LogP contribution is -2.45. The summed E-state index contributed by atoms with van der Waals surface area (Å²) in [6.07, 6.45) is 10.4. The number of amides is 1. The van der Waals surface area contributed by atoms with Gasteiger partial charge in [-0.2, -0.15) is 0 Å². The van der Waals surface area contributed by atoms with Gasteiger partial charge < -0.3 is 4.90 Å². The highest BCUT2D eigenvalue weighted by Gasteiger charge is 2.42. The summed E-state index contributed by atoms with van der Waals surface area (Å²) in [6.45, 7) is 1.62. The molecule has 24 heavy (non-hydrogen) atoms. The summed E-state index contributed by atoms with van der Waals surface area (Å²) in [4.78, 5) is 19.9. The summed E-state index contributed by atoms with van der Waals surface area (Å²) in [5, 5.41) is 0. The topological polar surface area (TPSA) is 57.3 Å². The fraction of sp³-hybridized carbons (Fsp3) is 0.684. The summed E-state index contributed by atoms with van der Waals surface area (Å²) in [5.74, 6) is 1.02. The first-order chi connectivity index (χ1) is 11.8. The third-order valence-electron chi connectivity index (χ3n) is 6.06. The quantitative estimate of drug-likeness (QED) is 0.895. The first kappa shape index (κ1) is 16.0. The highest BCUT2D eigenvalue weighted by molar-refractivity contribution is 5.81. The van der Waals surface area contributed by atoms with E-state index < -0.39 is 0 Å². The second kappa shape index (κ2) is 7.19. The number of hydrogen-bond acceptors (Lipinski definition) is 4. The Labute approximate surface area is 144 Å². The Balaban J connectivity index is 1.49. The Morgan fingerprint density at radius 1 is 1.12 bits per heavy atom. The van der Waals surface area contributed by atoms with E-state index >= 15 is 0 Å². The Bertz CT molecular complexity index is 558. The molecule has 0 aromatic carbocycles. The van der Waals surface area contributed by atoms with E-state index in [4.69, 9.17) is 0 Å². The molecule has 1 aliphatic carbocycles. The molecule has 3 atom stereocenters. The van der Waals surface area contributed by atoms with Gasteiger partial charge in [0.2, 0.25) is 5.91 Å². The van der Waals surface area contributed by atoms with Crippen molar-refractivity contribution in [2.24, 2.45) is 11.8 Å². The van der Waals surface area contributed by atoms with Crippen molar-refractivity contribution in [1.82, 2.24) is 20.7 Å². The van der Waals surface area contributed by atoms with Gasteiger partial charge >= 0.3 is 0 Å². The van der Waals surface area contributed by atoms with Gasteiger partial charge in [0.05, 0.1) is 17.7 Å². The van der Waals surface area contributed by atoms with E-state index in [1.54, 1.807) is 0 Å². The van der Waals surface area contributed by atoms with Crippen molar-refractivity contribution >= 4 is 5.91 Å². The molecule has 130 valence electrons. The van der Waals surface area contributed by atoms with Crippen LogP contribution < -0.4 is 10.9 Å². The molecule has 1 saturated carbocycles. The van der Waals surface area contributed by atoms with E-state index in [9.17, 15) is 4.79 Å². The number of hydrazine groups is 1. The molecule has 0 radical (unpaired) electrons. The molecule has 1 amide bonds. The second-order valence-electron chi connectivity index (χ2n) is 7.50. The molecule has 2 saturated heterocycles. The first-order valence-corrected chi connectivity index (χ1v) is 9.54. The van der Waals surface area contributed by atoms with E-state index in [1.165, 1.54) is 32.1 Å². The first-order valence-electron chi connectivity index (χ1n) is 9.54. The van der Waals surface area contributed by atoms with Crippen molar-refractivity contribution in [3.8, 4) is 0 Å². The van der Waals surface area contributed by atoms with Gasteiger partial charge in [-0.3, -0.25) is 20.6 Å². The number of rotatable bonds is 3. The van der Waals surface area contributed by atoms with E-state index in [2.05, 4.69) is 26.8 Å². The highest BCUT2D eigenvalue weighted by Crippen LogP contribution is 2.35. The summed E-state index contributed by atoms with van der Waals surface area (Å²) in [7, 11) is 0. The second-order valence-corrected chi connectivity index (χ2v) is 7.50. The number of carbonyl (C=O) groups excluding carboxylic acids is 1. The van der Waals surface area contributed by atoms with Crippen LogP contribution in [0.15, 0.2) is 24.4 Å². The fourth-order valence-electron chi connectivity index (χ4n) is 4.82. The number of likely N-dealkylation sites (tertiary alicyclic amines) is 1. The smallest absolute Gasteiger partial charge is 0.229 e. The maximum atomic E-state index is 13.3. The minimum atomic E-state index is 0.0670. The monoisotopic (exact) mass is 328 g/mol. The molecule has 3 heterocycles. The Morgan fingerprint density at radius 3 is 2.79 bits per heavy atom. The predicted molar refractivity (Wildman–Crippen MR) is 92.9 cm³/mol. The minimum Gasteiger partial charge on any atom is -0.334 e. The SMILES string of the molecule is O=C(C1CNNC1C1CCCCC1)N1CCCC1c1ccccn1. The lowest BCUT2D eigenvalue weighted by molar-refractivity contribution is -0.137. The van der Waals surface area contributed by atoms with E-state index in [-0.39, 0.29) is 12.0 Å². The van der Waals surface area contributed by atoms with Crippen molar-refractivity contribution in [2.75, 3.05) is 13.1 Å². The molecule has 1 aromatic heterocycles. The maximum absolute atomic E-state index is 13.3. The van der Waals surface area contributed by atoms with Crippen molar-refractivity contribution < 1.29 is 4.79 Å². The number of nitrogens with one attached hydrogen (secondary N) is 2. The van der Waals surface area contributed by atoms with Crippen molar-refractivity contribution in [3.05, 3.63) is 30.1 Å². The Hall–Kier alpha value is -1.46. The lowest BCUT2D eigenvalue weighted by atomic mass is 9.79. The third kappa shape index (κ3) is 3.07. The van der Waals surface area contributed by atoms with Crippen LogP contribution >= 0.6 is 0 Å². The van der Waals surface area contributed by atoms with Crippen molar-refractivity contribution in [3.63, 3.8) is 0 Å². The number of hydrogen-bond donors (Lipinski definition) is 2. The molecule has 5 heteroatoms. The van der Waals surface area contributed by atoms with Gasteiger partial charge in [0, 0.05) is 25.3 Å². The highest BCUT2D eigenvalue weighted by atomic mass is 16.2. The normalized spacial score (nSPS) is 31.5. The van der Waals surface area contributed by atoms with Crippen LogP contribution in [0.2, 0.25) is 0 Å². The average Bonchev–Trinajstić information content (AvgIpc) is 3.32. The molecule has 5 nitrogen and oxygen atoms in total. The summed E-state index contributed by atoms with van der Waals surface area (Å²) in [6, 6.07) is 6.47. The number of carbonyl (C=O) groups is 1. The van der Waals surface area contributed by atoms with Gasteiger partial charge in [0.25, 0.3) is 0 Å². The van der Waals surface area contributed by atoms with Crippen molar-refractivity contribution in [2.45, 2.75) is 57.0 Å². The average molecular weight is 328 g/mol. The molecule has 2 N–H and O–H groups in total. The van der Waals surface area contributed by atoms with E-state index in [0.717, 1.165) is 31.6 Å². The number of aromatic nitrogens is 1. The molecule has 3 aliphatic rings. The molecule has 4 rings (SSSR count). The molecular weight excluding hydrogens is 300 g/mol. The van der Waals surface area contributed by atoms with Gasteiger partial charge in [0.1, 0.15) is 0 Å². The molecule has 2 aliphatic heterocycles. The molecule has 0 spiro atoms. The molecule has 1 aromatic rings. The zero-order valence-electron chi connectivity index (χ0n) is 14.3. The third-order valence-corrected chi connectivity index (χ3v) is 6.06. The van der Waals surface area contributed by atoms with Crippen molar-refractivity contribution in [1.29, 1.82) is 0 Å². The van der Waals surface area contributed by atoms with E-state index in [0.29, 0.717) is 17.9 Å². The molecule has 3 fully saturated rings. The van der Waals surface area contributed by atoms with Crippen LogP contribution in [0.4, 0.5) is 0 Å². The standard InChI is InChI=1S/C19H28N4O/c24-19(15-13-21-22-18(15)14-7-2-1-3-8-14)23-12-6-10-17(23)16-9-4-5-11-20-16/h4-5,9,11,14-15,17-18,21-22H,1-3,6-8,10,12-13H2. The lowest BCUT2D eigenvalue weighted by Gasteiger charge is -2.33. The zero-order valence-corrected chi connectivity index (χ0v) is 14.3. The maximum Gasteiger partial charge on any atom is 0.229 e. The van der Waals surface area contributed by atoms with Gasteiger partial charge in [-0.25, -0.2) is 0 Å².